The molecule has 2 heterocycles. The first-order chi connectivity index (χ1) is 13.8. The molecule has 0 saturated carbocycles. The smallest absolute Gasteiger partial charge is 0.319 e. The maximum absolute atomic E-state index is 12.1. The average Bonchev–Trinajstić information content (AvgIpc) is 2.96. The van der Waals surface area contributed by atoms with Gasteiger partial charge in [0, 0.05) is 30.5 Å². The van der Waals surface area contributed by atoms with Crippen LogP contribution in [-0.2, 0) is 0 Å². The molecule has 8 heteroatoms. The molecule has 0 radical (unpaired) electrons. The Morgan fingerprint density at radius 1 is 0.931 bits per heavy atom. The highest BCUT2D eigenvalue weighted by atomic mass is 16.2. The first kappa shape index (κ1) is 20.3. The van der Waals surface area contributed by atoms with Crippen LogP contribution >= 0.6 is 0 Å². The van der Waals surface area contributed by atoms with Gasteiger partial charge in [0.15, 0.2) is 5.82 Å². The van der Waals surface area contributed by atoms with Crippen molar-refractivity contribution in [3.63, 3.8) is 0 Å². The van der Waals surface area contributed by atoms with Crippen molar-refractivity contribution < 1.29 is 4.79 Å². The first-order valence-electron chi connectivity index (χ1n) is 9.56. The predicted octanol–water partition coefficient (Wildman–Crippen LogP) is 3.44. The van der Waals surface area contributed by atoms with Crippen LogP contribution in [0, 0.1) is 34.6 Å². The number of nitrogens with zero attached hydrogens (tertiary/aromatic N) is 4. The molecule has 1 aromatic carbocycles. The first-order valence-corrected chi connectivity index (χ1v) is 9.56. The van der Waals surface area contributed by atoms with E-state index in [1.165, 1.54) is 0 Å². The number of amides is 2. The lowest BCUT2D eigenvalue weighted by Crippen LogP contribution is -2.32. The zero-order valence-electron chi connectivity index (χ0n) is 17.5. The van der Waals surface area contributed by atoms with Gasteiger partial charge in [0.05, 0.1) is 5.69 Å². The van der Waals surface area contributed by atoms with E-state index in [1.807, 2.05) is 58.9 Å². The lowest BCUT2D eigenvalue weighted by atomic mass is 10.1. The molecule has 0 atom stereocenters. The predicted molar refractivity (Wildman–Crippen MR) is 115 cm³/mol. The van der Waals surface area contributed by atoms with Crippen LogP contribution in [0.1, 0.15) is 28.3 Å². The molecule has 8 nitrogen and oxygen atoms in total. The Kier molecular flexibility index (Phi) is 6.11. The number of hydrogen-bond acceptors (Lipinski definition) is 5. The normalized spacial score (nSPS) is 10.7. The molecule has 3 rings (SSSR count). The topological polar surface area (TPSA) is 96.8 Å². The Morgan fingerprint density at radius 2 is 1.66 bits per heavy atom. The van der Waals surface area contributed by atoms with Gasteiger partial charge in [0.1, 0.15) is 11.6 Å². The third kappa shape index (κ3) is 5.54. The number of anilines is 2. The standard InChI is InChI=1S/C21H27N7O/c1-13-8-14(2)10-18(9-13)26-21(29)23-7-6-22-19-12-20(25-17(5)24-19)28-16(4)11-15(3)27-28/h8-12H,6-7H2,1-5H3,(H,22,24,25)(H2,23,26,29). The van der Waals surface area contributed by atoms with Crippen LogP contribution in [0.2, 0.25) is 0 Å². The van der Waals surface area contributed by atoms with Gasteiger partial charge in [-0.15, -0.1) is 0 Å². The Labute approximate surface area is 170 Å². The fourth-order valence-electron chi connectivity index (χ4n) is 3.20. The van der Waals surface area contributed by atoms with E-state index >= 15 is 0 Å². The maximum atomic E-state index is 12.1. The number of carbonyl (C=O) groups excluding carboxylic acids is 1. The molecule has 3 aromatic rings. The van der Waals surface area contributed by atoms with Crippen molar-refractivity contribution in [2.75, 3.05) is 23.7 Å². The number of aromatic nitrogens is 4. The fourth-order valence-corrected chi connectivity index (χ4v) is 3.20. The molecule has 0 spiro atoms. The van der Waals surface area contributed by atoms with Gasteiger partial charge in [0.2, 0.25) is 0 Å². The van der Waals surface area contributed by atoms with E-state index in [9.17, 15) is 4.79 Å². The van der Waals surface area contributed by atoms with E-state index in [4.69, 9.17) is 0 Å². The number of carbonyl (C=O) groups is 1. The summed E-state index contributed by atoms with van der Waals surface area (Å²) in [5.41, 5.74) is 4.96. The minimum atomic E-state index is -0.237. The Balaban J connectivity index is 1.54. The zero-order chi connectivity index (χ0) is 21.0. The molecule has 0 saturated heterocycles. The van der Waals surface area contributed by atoms with Crippen molar-refractivity contribution in [1.29, 1.82) is 0 Å². The lowest BCUT2D eigenvalue weighted by Gasteiger charge is -2.11. The molecule has 152 valence electrons. The SMILES string of the molecule is Cc1cc(C)cc(NC(=O)NCCNc2cc(-n3nc(C)cc3C)nc(C)n2)c1. The van der Waals surface area contributed by atoms with Gasteiger partial charge < -0.3 is 16.0 Å². The van der Waals surface area contributed by atoms with Crippen LogP contribution in [0.15, 0.2) is 30.3 Å². The van der Waals surface area contributed by atoms with E-state index in [0.29, 0.717) is 30.5 Å². The molecule has 0 bridgehead atoms. The minimum Gasteiger partial charge on any atom is -0.368 e. The van der Waals surface area contributed by atoms with Crippen molar-refractivity contribution in [3.8, 4) is 5.82 Å². The second-order valence-corrected chi connectivity index (χ2v) is 7.18. The highest BCUT2D eigenvalue weighted by Gasteiger charge is 2.08. The maximum Gasteiger partial charge on any atom is 0.319 e. The average molecular weight is 393 g/mol. The minimum absolute atomic E-state index is 0.237. The molecular formula is C21H27N7O. The second kappa shape index (κ2) is 8.72. The van der Waals surface area contributed by atoms with Crippen molar-refractivity contribution in [1.82, 2.24) is 25.1 Å². The van der Waals surface area contributed by atoms with Gasteiger partial charge in [-0.3, -0.25) is 0 Å². The van der Waals surface area contributed by atoms with Crippen LogP contribution in [0.25, 0.3) is 5.82 Å². The summed E-state index contributed by atoms with van der Waals surface area (Å²) < 4.78 is 1.80. The van der Waals surface area contributed by atoms with Crippen molar-refractivity contribution in [2.45, 2.75) is 34.6 Å². The summed E-state index contributed by atoms with van der Waals surface area (Å²) in [5, 5.41) is 13.4. The molecule has 29 heavy (non-hydrogen) atoms. The number of rotatable bonds is 6. The Morgan fingerprint density at radius 3 is 2.31 bits per heavy atom. The van der Waals surface area contributed by atoms with Crippen LogP contribution in [0.4, 0.5) is 16.3 Å². The van der Waals surface area contributed by atoms with Crippen LogP contribution in [0.5, 0.6) is 0 Å². The summed E-state index contributed by atoms with van der Waals surface area (Å²) in [6.45, 7) is 10.8. The monoisotopic (exact) mass is 393 g/mol. The van der Waals surface area contributed by atoms with Gasteiger partial charge in [-0.1, -0.05) is 6.07 Å². The summed E-state index contributed by atoms with van der Waals surface area (Å²) in [6.07, 6.45) is 0. The van der Waals surface area contributed by atoms with Gasteiger partial charge in [0.25, 0.3) is 0 Å². The summed E-state index contributed by atoms with van der Waals surface area (Å²) in [6, 6.07) is 9.56. The van der Waals surface area contributed by atoms with Crippen LogP contribution in [0.3, 0.4) is 0 Å². The van der Waals surface area contributed by atoms with Crippen LogP contribution < -0.4 is 16.0 Å². The lowest BCUT2D eigenvalue weighted by molar-refractivity contribution is 0.252. The Bertz CT molecular complexity index is 1010. The molecule has 0 aliphatic rings. The Hall–Kier alpha value is -3.42. The summed E-state index contributed by atoms with van der Waals surface area (Å²) in [7, 11) is 0. The third-order valence-electron chi connectivity index (χ3n) is 4.25. The molecule has 0 aliphatic heterocycles. The van der Waals surface area contributed by atoms with Gasteiger partial charge in [-0.2, -0.15) is 5.10 Å². The summed E-state index contributed by atoms with van der Waals surface area (Å²) in [5.74, 6) is 2.06. The molecular weight excluding hydrogens is 366 g/mol. The van der Waals surface area contributed by atoms with Gasteiger partial charge in [-0.25, -0.2) is 19.4 Å². The second-order valence-electron chi connectivity index (χ2n) is 7.18. The summed E-state index contributed by atoms with van der Waals surface area (Å²) in [4.78, 5) is 21.0. The largest absolute Gasteiger partial charge is 0.368 e. The van der Waals surface area contributed by atoms with E-state index in [-0.39, 0.29) is 6.03 Å². The van der Waals surface area contributed by atoms with Gasteiger partial charge in [-0.05, 0) is 63.9 Å². The van der Waals surface area contributed by atoms with Crippen molar-refractivity contribution >= 4 is 17.5 Å². The summed E-state index contributed by atoms with van der Waals surface area (Å²) >= 11 is 0. The third-order valence-corrected chi connectivity index (χ3v) is 4.25. The number of nitrogens with one attached hydrogen (secondary N) is 3. The molecule has 2 amide bonds. The van der Waals surface area contributed by atoms with E-state index in [2.05, 4.69) is 37.1 Å². The van der Waals surface area contributed by atoms with E-state index < -0.39 is 0 Å². The number of aryl methyl sites for hydroxylation is 5. The van der Waals surface area contributed by atoms with Crippen LogP contribution in [-0.4, -0.2) is 38.9 Å². The van der Waals surface area contributed by atoms with Gasteiger partial charge >= 0.3 is 6.03 Å². The van der Waals surface area contributed by atoms with E-state index in [0.717, 1.165) is 28.2 Å². The number of benzene rings is 1. The highest BCUT2D eigenvalue weighted by molar-refractivity contribution is 5.89. The number of hydrogen-bond donors (Lipinski definition) is 3. The van der Waals surface area contributed by atoms with Crippen molar-refractivity contribution in [3.05, 3.63) is 58.7 Å². The highest BCUT2D eigenvalue weighted by Crippen LogP contribution is 2.14. The van der Waals surface area contributed by atoms with Crippen molar-refractivity contribution in [2.24, 2.45) is 0 Å². The zero-order valence-corrected chi connectivity index (χ0v) is 17.5. The fraction of sp³-hybridized carbons (Fsp3) is 0.333. The quantitative estimate of drug-likeness (QED) is 0.558. The molecule has 3 N–H and O–H groups in total. The molecule has 0 unspecified atom stereocenters. The molecule has 2 aromatic heterocycles. The molecule has 0 fully saturated rings. The molecule has 0 aliphatic carbocycles. The van der Waals surface area contributed by atoms with E-state index in [1.54, 1.807) is 4.68 Å². The number of urea groups is 1.